The van der Waals surface area contributed by atoms with E-state index in [0.717, 1.165) is 13.0 Å². The molecule has 0 aromatic rings. The maximum absolute atomic E-state index is 4.61. The molecule has 0 atom stereocenters. The summed E-state index contributed by atoms with van der Waals surface area (Å²) in [6.07, 6.45) is 1.08. The Morgan fingerprint density at radius 1 is 1.08 bits per heavy atom. The van der Waals surface area contributed by atoms with Gasteiger partial charge in [-0.15, -0.1) is 0 Å². The van der Waals surface area contributed by atoms with Crippen LogP contribution < -0.4 is 0 Å². The Morgan fingerprint density at radius 3 is 1.92 bits per heavy atom. The van der Waals surface area contributed by atoms with Crippen LogP contribution in [0.4, 0.5) is 0 Å². The molecule has 0 saturated carbocycles. The van der Waals surface area contributed by atoms with Crippen molar-refractivity contribution in [3.05, 3.63) is 0 Å². The summed E-state index contributed by atoms with van der Waals surface area (Å²) in [6.45, 7) is 9.81. The first-order valence-corrected chi connectivity index (χ1v) is 5.14. The molecule has 0 aromatic heterocycles. The van der Waals surface area contributed by atoms with Crippen LogP contribution in [0.15, 0.2) is 4.99 Å². The van der Waals surface area contributed by atoms with Crippen LogP contribution in [-0.4, -0.2) is 31.4 Å². The second kappa shape index (κ2) is 6.01. The van der Waals surface area contributed by atoms with E-state index >= 15 is 0 Å². The zero-order valence-electron chi connectivity index (χ0n) is 9.96. The maximum atomic E-state index is 4.61. The molecule has 0 aliphatic heterocycles. The molecule has 0 N–H and O–H groups in total. The zero-order chi connectivity index (χ0) is 10.4. The minimum Gasteiger partial charge on any atom is -0.366 e. The summed E-state index contributed by atoms with van der Waals surface area (Å²) in [4.78, 5) is 6.73. The van der Waals surface area contributed by atoms with E-state index in [0.29, 0.717) is 11.8 Å². The van der Waals surface area contributed by atoms with Crippen molar-refractivity contribution in [2.45, 2.75) is 34.1 Å². The Labute approximate surface area is 83.0 Å². The van der Waals surface area contributed by atoms with Gasteiger partial charge in [0, 0.05) is 27.1 Å². The van der Waals surface area contributed by atoms with Gasteiger partial charge in [0.15, 0.2) is 0 Å². The van der Waals surface area contributed by atoms with Crippen molar-refractivity contribution in [1.29, 1.82) is 0 Å². The number of amidine groups is 1. The molecule has 78 valence electrons. The SMILES string of the molecule is CC(C)CN=C(CC(C)C)N(C)C. The van der Waals surface area contributed by atoms with Crippen LogP contribution >= 0.6 is 0 Å². The quantitative estimate of drug-likeness (QED) is 0.484. The lowest BCUT2D eigenvalue weighted by atomic mass is 10.1. The molecule has 0 radical (unpaired) electrons. The fraction of sp³-hybridized carbons (Fsp3) is 0.909. The fourth-order valence-corrected chi connectivity index (χ4v) is 1.04. The predicted octanol–water partition coefficient (Wildman–Crippen LogP) is 2.65. The van der Waals surface area contributed by atoms with Crippen LogP contribution in [0.5, 0.6) is 0 Å². The molecule has 0 aliphatic carbocycles. The molecule has 2 heteroatoms. The van der Waals surface area contributed by atoms with Crippen LogP contribution in [0.2, 0.25) is 0 Å². The lowest BCUT2D eigenvalue weighted by molar-refractivity contribution is 0.552. The Balaban J connectivity index is 4.15. The maximum Gasteiger partial charge on any atom is 0.0986 e. The van der Waals surface area contributed by atoms with Crippen molar-refractivity contribution in [2.75, 3.05) is 20.6 Å². The summed E-state index contributed by atoms with van der Waals surface area (Å²) in [6, 6.07) is 0. The van der Waals surface area contributed by atoms with Crippen LogP contribution in [0, 0.1) is 11.8 Å². The third-order valence-corrected chi connectivity index (χ3v) is 1.75. The molecule has 0 aliphatic rings. The molecule has 0 spiro atoms. The van der Waals surface area contributed by atoms with E-state index in [1.807, 2.05) is 0 Å². The second-order valence-electron chi connectivity index (χ2n) is 4.64. The van der Waals surface area contributed by atoms with Gasteiger partial charge in [0.1, 0.15) is 0 Å². The summed E-state index contributed by atoms with van der Waals surface area (Å²) in [7, 11) is 4.14. The third kappa shape index (κ3) is 6.62. The van der Waals surface area contributed by atoms with E-state index in [1.165, 1.54) is 5.84 Å². The van der Waals surface area contributed by atoms with Crippen molar-refractivity contribution in [1.82, 2.24) is 4.90 Å². The minimum atomic E-state index is 0.655. The second-order valence-corrected chi connectivity index (χ2v) is 4.64. The summed E-state index contributed by atoms with van der Waals surface area (Å²) in [5.74, 6) is 2.57. The van der Waals surface area contributed by atoms with E-state index in [4.69, 9.17) is 0 Å². The topological polar surface area (TPSA) is 15.6 Å². The molecular weight excluding hydrogens is 160 g/mol. The number of nitrogens with zero attached hydrogens (tertiary/aromatic N) is 2. The minimum absolute atomic E-state index is 0.655. The van der Waals surface area contributed by atoms with Crippen LogP contribution in [-0.2, 0) is 0 Å². The van der Waals surface area contributed by atoms with Crippen molar-refractivity contribution in [3.63, 3.8) is 0 Å². The molecule has 0 unspecified atom stereocenters. The normalized spacial score (nSPS) is 12.8. The van der Waals surface area contributed by atoms with Crippen LogP contribution in [0.25, 0.3) is 0 Å². The smallest absolute Gasteiger partial charge is 0.0986 e. The van der Waals surface area contributed by atoms with Crippen molar-refractivity contribution < 1.29 is 0 Å². The van der Waals surface area contributed by atoms with Crippen LogP contribution in [0.3, 0.4) is 0 Å². The van der Waals surface area contributed by atoms with Gasteiger partial charge in [-0.1, -0.05) is 27.7 Å². The Kier molecular flexibility index (Phi) is 5.76. The van der Waals surface area contributed by atoms with E-state index in [2.05, 4.69) is 51.7 Å². The highest BCUT2D eigenvalue weighted by molar-refractivity contribution is 5.81. The summed E-state index contributed by atoms with van der Waals surface area (Å²) in [5, 5.41) is 0. The van der Waals surface area contributed by atoms with Crippen LogP contribution in [0.1, 0.15) is 34.1 Å². The summed E-state index contributed by atoms with van der Waals surface area (Å²) < 4.78 is 0. The van der Waals surface area contributed by atoms with E-state index < -0.39 is 0 Å². The van der Waals surface area contributed by atoms with E-state index in [9.17, 15) is 0 Å². The fourth-order valence-electron chi connectivity index (χ4n) is 1.04. The van der Waals surface area contributed by atoms with Gasteiger partial charge in [-0.05, 0) is 11.8 Å². The highest BCUT2D eigenvalue weighted by Crippen LogP contribution is 2.04. The average Bonchev–Trinajstić information content (AvgIpc) is 1.96. The molecule has 13 heavy (non-hydrogen) atoms. The monoisotopic (exact) mass is 184 g/mol. The lowest BCUT2D eigenvalue weighted by Gasteiger charge is -2.18. The van der Waals surface area contributed by atoms with Crippen molar-refractivity contribution >= 4 is 5.84 Å². The van der Waals surface area contributed by atoms with Gasteiger partial charge in [-0.3, -0.25) is 4.99 Å². The highest BCUT2D eigenvalue weighted by atomic mass is 15.1. The Morgan fingerprint density at radius 2 is 1.62 bits per heavy atom. The number of aliphatic imine (C=N–C) groups is 1. The molecule has 0 saturated heterocycles. The van der Waals surface area contributed by atoms with E-state index in [-0.39, 0.29) is 0 Å². The standard InChI is InChI=1S/C11H24N2/c1-9(2)7-11(13(5)6)12-8-10(3)4/h9-10H,7-8H2,1-6H3. The van der Waals surface area contributed by atoms with E-state index in [1.54, 1.807) is 0 Å². The first-order chi connectivity index (χ1) is 5.93. The van der Waals surface area contributed by atoms with Gasteiger partial charge in [0.05, 0.1) is 5.84 Å². The molecule has 0 amide bonds. The molecule has 0 fully saturated rings. The van der Waals surface area contributed by atoms with Crippen molar-refractivity contribution in [2.24, 2.45) is 16.8 Å². The predicted molar refractivity (Wildman–Crippen MR) is 60.3 cm³/mol. The van der Waals surface area contributed by atoms with Gasteiger partial charge >= 0.3 is 0 Å². The molecular formula is C11H24N2. The first-order valence-electron chi connectivity index (χ1n) is 5.14. The van der Waals surface area contributed by atoms with Gasteiger partial charge in [-0.2, -0.15) is 0 Å². The largest absolute Gasteiger partial charge is 0.366 e. The summed E-state index contributed by atoms with van der Waals surface area (Å²) in [5.41, 5.74) is 0. The molecule has 2 nitrogen and oxygen atoms in total. The molecule has 0 rings (SSSR count). The number of rotatable bonds is 4. The number of hydrogen-bond donors (Lipinski definition) is 0. The average molecular weight is 184 g/mol. The molecule has 0 heterocycles. The number of hydrogen-bond acceptors (Lipinski definition) is 1. The lowest BCUT2D eigenvalue weighted by Crippen LogP contribution is -2.24. The van der Waals surface area contributed by atoms with Crippen molar-refractivity contribution in [3.8, 4) is 0 Å². The first kappa shape index (κ1) is 12.5. The highest BCUT2D eigenvalue weighted by Gasteiger charge is 2.04. The van der Waals surface area contributed by atoms with Gasteiger partial charge in [0.25, 0.3) is 0 Å². The Bertz CT molecular complexity index is 157. The van der Waals surface area contributed by atoms with Gasteiger partial charge < -0.3 is 4.90 Å². The third-order valence-electron chi connectivity index (χ3n) is 1.75. The summed E-state index contributed by atoms with van der Waals surface area (Å²) >= 11 is 0. The Hall–Kier alpha value is -0.530. The molecule has 0 aromatic carbocycles. The van der Waals surface area contributed by atoms with Gasteiger partial charge in [-0.25, -0.2) is 0 Å². The molecule has 0 bridgehead atoms. The van der Waals surface area contributed by atoms with Gasteiger partial charge in [0.2, 0.25) is 0 Å². The zero-order valence-corrected chi connectivity index (χ0v) is 9.96.